The number of fused-ring (bicyclic) bond motifs is 2. The molecule has 5 rings (SSSR count). The second kappa shape index (κ2) is 3.28. The van der Waals surface area contributed by atoms with Gasteiger partial charge in [-0.25, -0.2) is 0 Å². The van der Waals surface area contributed by atoms with Gasteiger partial charge in [0.1, 0.15) is 0 Å². The van der Waals surface area contributed by atoms with Crippen LogP contribution in [0.25, 0.3) is 0 Å². The van der Waals surface area contributed by atoms with Crippen molar-refractivity contribution < 1.29 is 4.79 Å². The molecule has 5 aliphatic rings. The van der Waals surface area contributed by atoms with Crippen molar-refractivity contribution in [3.05, 3.63) is 0 Å². The monoisotopic (exact) mass is 273 g/mol. The second-order valence-corrected chi connectivity index (χ2v) is 9.07. The van der Waals surface area contributed by atoms with Gasteiger partial charge in [0.25, 0.3) is 0 Å². The summed E-state index contributed by atoms with van der Waals surface area (Å²) in [6, 6.07) is 0. The van der Waals surface area contributed by atoms with Crippen molar-refractivity contribution in [1.82, 2.24) is 4.90 Å². The first kappa shape index (κ1) is 12.1. The minimum atomic E-state index is 0.207. The SMILES string of the molecule is CC(C)C1(C)CCN(C(=O)C23C4CC2C2CC4C23)CC1. The van der Waals surface area contributed by atoms with Gasteiger partial charge < -0.3 is 4.90 Å². The first-order valence-corrected chi connectivity index (χ1v) is 8.79. The van der Waals surface area contributed by atoms with Gasteiger partial charge in [0.15, 0.2) is 0 Å². The van der Waals surface area contributed by atoms with Crippen LogP contribution in [-0.4, -0.2) is 23.9 Å². The van der Waals surface area contributed by atoms with Crippen LogP contribution in [0.15, 0.2) is 0 Å². The van der Waals surface area contributed by atoms with Crippen LogP contribution in [0.4, 0.5) is 0 Å². The van der Waals surface area contributed by atoms with Crippen LogP contribution < -0.4 is 0 Å². The smallest absolute Gasteiger partial charge is 0.229 e. The highest BCUT2D eigenvalue weighted by molar-refractivity contribution is 5.89. The first-order chi connectivity index (χ1) is 9.50. The van der Waals surface area contributed by atoms with E-state index in [0.29, 0.717) is 11.3 Å². The topological polar surface area (TPSA) is 20.3 Å². The van der Waals surface area contributed by atoms with Crippen molar-refractivity contribution in [2.45, 2.75) is 46.5 Å². The summed E-state index contributed by atoms with van der Waals surface area (Å²) >= 11 is 0. The molecule has 4 aliphatic carbocycles. The third kappa shape index (κ3) is 0.982. The number of rotatable bonds is 2. The fourth-order valence-corrected chi connectivity index (χ4v) is 6.89. The average Bonchev–Trinajstić information content (AvgIpc) is 2.44. The maximum atomic E-state index is 13.1. The number of nitrogens with zero attached hydrogens (tertiary/aromatic N) is 1. The molecule has 0 spiro atoms. The number of carbonyl (C=O) groups is 1. The summed E-state index contributed by atoms with van der Waals surface area (Å²) in [7, 11) is 0. The lowest BCUT2D eigenvalue weighted by Crippen LogP contribution is -2.90. The largest absolute Gasteiger partial charge is 0.342 e. The van der Waals surface area contributed by atoms with E-state index in [0.717, 1.165) is 48.6 Å². The second-order valence-electron chi connectivity index (χ2n) is 9.07. The van der Waals surface area contributed by atoms with E-state index in [1.807, 2.05) is 0 Å². The van der Waals surface area contributed by atoms with Gasteiger partial charge in [-0.2, -0.15) is 0 Å². The van der Waals surface area contributed by atoms with Crippen molar-refractivity contribution >= 4 is 5.91 Å². The van der Waals surface area contributed by atoms with Crippen LogP contribution in [0, 0.1) is 46.3 Å². The lowest BCUT2D eigenvalue weighted by Gasteiger charge is -2.90. The van der Waals surface area contributed by atoms with E-state index in [2.05, 4.69) is 25.7 Å². The molecule has 0 N–H and O–H groups in total. The maximum Gasteiger partial charge on any atom is 0.229 e. The Bertz CT molecular complexity index is 458. The molecule has 2 nitrogen and oxygen atoms in total. The van der Waals surface area contributed by atoms with E-state index in [9.17, 15) is 4.79 Å². The Morgan fingerprint density at radius 1 is 1.10 bits per heavy atom. The molecular formula is C18H27NO. The normalized spacial score (nSPS) is 53.2. The fourth-order valence-electron chi connectivity index (χ4n) is 6.89. The van der Waals surface area contributed by atoms with E-state index in [-0.39, 0.29) is 5.41 Å². The highest BCUT2D eigenvalue weighted by Gasteiger charge is 2.90. The van der Waals surface area contributed by atoms with Crippen LogP contribution in [0.5, 0.6) is 0 Å². The molecule has 0 aromatic heterocycles. The molecule has 4 saturated carbocycles. The van der Waals surface area contributed by atoms with E-state index in [4.69, 9.17) is 0 Å². The van der Waals surface area contributed by atoms with Gasteiger partial charge in [-0.1, -0.05) is 20.8 Å². The molecule has 20 heavy (non-hydrogen) atoms. The molecule has 5 fully saturated rings. The Balaban J connectivity index is 1.31. The zero-order chi connectivity index (χ0) is 13.9. The highest BCUT2D eigenvalue weighted by atomic mass is 16.2. The van der Waals surface area contributed by atoms with Gasteiger partial charge in [-0.3, -0.25) is 4.79 Å². The molecule has 110 valence electrons. The number of piperidine rings is 1. The number of hydrogen-bond acceptors (Lipinski definition) is 1. The van der Waals surface area contributed by atoms with Gasteiger partial charge in [-0.15, -0.1) is 0 Å². The van der Waals surface area contributed by atoms with E-state index in [1.165, 1.54) is 25.7 Å². The Morgan fingerprint density at radius 3 is 2.15 bits per heavy atom. The van der Waals surface area contributed by atoms with Crippen LogP contribution in [-0.2, 0) is 4.79 Å². The third-order valence-corrected chi connectivity index (χ3v) is 8.74. The van der Waals surface area contributed by atoms with Crippen LogP contribution >= 0.6 is 0 Å². The summed E-state index contributed by atoms with van der Waals surface area (Å²) in [5, 5.41) is 0. The fraction of sp³-hybridized carbons (Fsp3) is 0.944. The Kier molecular flexibility index (Phi) is 1.98. The summed E-state index contributed by atoms with van der Waals surface area (Å²) in [6.07, 6.45) is 5.29. The minimum Gasteiger partial charge on any atom is -0.342 e. The maximum absolute atomic E-state index is 13.1. The molecule has 0 radical (unpaired) electrons. The first-order valence-electron chi connectivity index (χ1n) is 8.79. The minimum absolute atomic E-state index is 0.207. The predicted molar refractivity (Wildman–Crippen MR) is 77.9 cm³/mol. The van der Waals surface area contributed by atoms with Crippen LogP contribution in [0.2, 0.25) is 0 Å². The third-order valence-electron chi connectivity index (χ3n) is 8.74. The van der Waals surface area contributed by atoms with Gasteiger partial charge >= 0.3 is 0 Å². The van der Waals surface area contributed by atoms with Crippen molar-refractivity contribution in [3.8, 4) is 0 Å². The van der Waals surface area contributed by atoms with Crippen LogP contribution in [0.3, 0.4) is 0 Å². The zero-order valence-electron chi connectivity index (χ0n) is 13.1. The standard InChI is InChI=1S/C18H27NO/c1-10(2)17(3)4-6-19(7-5-17)16(20)18-13-9-14(18)12-8-11(13)15(12)18/h10-15H,4-9H2,1-3H3. The Morgan fingerprint density at radius 2 is 1.70 bits per heavy atom. The van der Waals surface area contributed by atoms with Crippen LogP contribution in [0.1, 0.15) is 46.5 Å². The predicted octanol–water partition coefficient (Wildman–Crippen LogP) is 3.17. The number of hydrogen-bond donors (Lipinski definition) is 0. The highest BCUT2D eigenvalue weighted by Crippen LogP contribution is 2.91. The molecule has 1 saturated heterocycles. The van der Waals surface area contributed by atoms with E-state index >= 15 is 0 Å². The van der Waals surface area contributed by atoms with E-state index < -0.39 is 0 Å². The molecule has 1 heterocycles. The van der Waals surface area contributed by atoms with Gasteiger partial charge in [-0.05, 0) is 66.6 Å². The molecule has 2 heteroatoms. The van der Waals surface area contributed by atoms with Gasteiger partial charge in [0, 0.05) is 13.1 Å². The summed E-state index contributed by atoms with van der Waals surface area (Å²) in [5.41, 5.74) is 0.664. The van der Waals surface area contributed by atoms with Gasteiger partial charge in [0.05, 0.1) is 5.41 Å². The molecular weight excluding hydrogens is 246 g/mol. The quantitative estimate of drug-likeness (QED) is 0.757. The lowest BCUT2D eigenvalue weighted by atomic mass is 9.13. The van der Waals surface area contributed by atoms with Crippen molar-refractivity contribution in [2.24, 2.45) is 46.3 Å². The molecule has 0 aromatic carbocycles. The van der Waals surface area contributed by atoms with Gasteiger partial charge in [0.2, 0.25) is 5.91 Å². The summed E-state index contributed by atoms with van der Waals surface area (Å²) in [6.45, 7) is 9.15. The number of likely N-dealkylation sites (tertiary alicyclic amines) is 1. The summed E-state index contributed by atoms with van der Waals surface area (Å²) in [4.78, 5) is 15.3. The molecule has 1 amide bonds. The number of amides is 1. The molecule has 0 aromatic rings. The summed E-state index contributed by atoms with van der Waals surface area (Å²) in [5.74, 6) is 5.74. The average molecular weight is 273 g/mol. The molecule has 0 bridgehead atoms. The molecule has 4 atom stereocenters. The van der Waals surface area contributed by atoms with Crippen molar-refractivity contribution in [1.29, 1.82) is 0 Å². The lowest BCUT2D eigenvalue weighted by molar-refractivity contribution is -0.420. The Labute approximate surface area is 122 Å². The number of carbonyl (C=O) groups excluding carboxylic acids is 1. The molecule has 4 unspecified atom stereocenters. The van der Waals surface area contributed by atoms with Crippen molar-refractivity contribution in [3.63, 3.8) is 0 Å². The Hall–Kier alpha value is -0.530. The zero-order valence-corrected chi connectivity index (χ0v) is 13.1. The molecule has 1 aliphatic heterocycles. The van der Waals surface area contributed by atoms with Crippen molar-refractivity contribution in [2.75, 3.05) is 13.1 Å². The summed E-state index contributed by atoms with van der Waals surface area (Å²) < 4.78 is 0. The van der Waals surface area contributed by atoms with E-state index in [1.54, 1.807) is 0 Å².